The summed E-state index contributed by atoms with van der Waals surface area (Å²) >= 11 is 1.10. The van der Waals surface area contributed by atoms with Crippen LogP contribution in [0.25, 0.3) is 0 Å². The van der Waals surface area contributed by atoms with Gasteiger partial charge in [0.1, 0.15) is 22.2 Å². The number of amides is 3. The van der Waals surface area contributed by atoms with Gasteiger partial charge in [0.2, 0.25) is 0 Å². The largest absolute Gasteiger partial charge is 0.496 e. The fourth-order valence-corrected chi connectivity index (χ4v) is 6.50. The van der Waals surface area contributed by atoms with Gasteiger partial charge in [-0.15, -0.1) is 11.3 Å². The van der Waals surface area contributed by atoms with E-state index in [-0.39, 0.29) is 24.7 Å². The first kappa shape index (κ1) is 33.7. The minimum absolute atomic E-state index is 0.0597. The summed E-state index contributed by atoms with van der Waals surface area (Å²) in [5, 5.41) is 1.80. The average Bonchev–Trinajstić information content (AvgIpc) is 3.48. The molecule has 1 saturated heterocycles. The molecule has 1 aliphatic rings. The van der Waals surface area contributed by atoms with Crippen molar-refractivity contribution in [3.63, 3.8) is 0 Å². The van der Waals surface area contributed by atoms with E-state index in [4.69, 9.17) is 14.2 Å². The van der Waals surface area contributed by atoms with Gasteiger partial charge in [-0.2, -0.15) is 12.7 Å². The van der Waals surface area contributed by atoms with Crippen LogP contribution >= 0.6 is 11.3 Å². The molecule has 15 heteroatoms. The first-order valence-corrected chi connectivity index (χ1v) is 16.4. The molecule has 0 radical (unpaired) electrons. The molecule has 242 valence electrons. The highest BCUT2D eigenvalue weighted by Gasteiger charge is 2.35. The summed E-state index contributed by atoms with van der Waals surface area (Å²) < 4.78 is 48.9. The Labute approximate surface area is 266 Å². The normalized spacial score (nSPS) is 14.2. The number of methoxy groups -OCH3 is 3. The number of carbonyl (C=O) groups excluding carboxylic acids is 3. The minimum Gasteiger partial charge on any atom is -0.496 e. The summed E-state index contributed by atoms with van der Waals surface area (Å²) in [5.74, 6) is -0.325. The van der Waals surface area contributed by atoms with Crippen LogP contribution < -0.4 is 14.2 Å². The summed E-state index contributed by atoms with van der Waals surface area (Å²) in [7, 11) is -0.546. The molecular weight excluding hydrogens is 624 g/mol. The van der Waals surface area contributed by atoms with E-state index >= 15 is 0 Å². The predicted octanol–water partition coefficient (Wildman–Crippen LogP) is 3.58. The molecule has 13 nitrogen and oxygen atoms in total. The van der Waals surface area contributed by atoms with Crippen molar-refractivity contribution in [1.29, 1.82) is 0 Å². The van der Waals surface area contributed by atoms with Crippen molar-refractivity contribution >= 4 is 39.5 Å². The Morgan fingerprint density at radius 2 is 1.76 bits per heavy atom. The lowest BCUT2D eigenvalue weighted by Gasteiger charge is -2.31. The van der Waals surface area contributed by atoms with E-state index in [9.17, 15) is 22.8 Å². The zero-order valence-electron chi connectivity index (χ0n) is 25.5. The number of nitrogens with zero attached hydrogens (tertiary/aromatic N) is 3. The van der Waals surface area contributed by atoms with E-state index in [2.05, 4.69) is 9.72 Å². The fraction of sp³-hybridized carbons (Fsp3) is 0.400. The second kappa shape index (κ2) is 15.2. The van der Waals surface area contributed by atoms with Crippen molar-refractivity contribution in [1.82, 2.24) is 18.9 Å². The molecule has 3 amide bonds. The Morgan fingerprint density at radius 1 is 1.09 bits per heavy atom. The maximum Gasteiger partial charge on any atom is 0.424 e. The van der Waals surface area contributed by atoms with Gasteiger partial charge in [-0.25, -0.2) is 14.5 Å². The zero-order valence-corrected chi connectivity index (χ0v) is 27.1. The molecule has 0 aliphatic carbocycles. The molecule has 0 bridgehead atoms. The number of aryl methyl sites for hydroxylation is 1. The third-order valence-electron chi connectivity index (χ3n) is 7.19. The smallest absolute Gasteiger partial charge is 0.424 e. The maximum atomic E-state index is 13.8. The molecular formula is C30H36N4O9S2. The maximum absolute atomic E-state index is 13.8. The summed E-state index contributed by atoms with van der Waals surface area (Å²) in [6.45, 7) is 2.41. The second-order valence-electron chi connectivity index (χ2n) is 10.2. The first-order valence-electron chi connectivity index (χ1n) is 14.1. The van der Waals surface area contributed by atoms with Crippen LogP contribution in [-0.4, -0.2) is 87.6 Å². The van der Waals surface area contributed by atoms with Crippen LogP contribution in [0.3, 0.4) is 0 Å². The number of ether oxygens (including phenoxy) is 4. The van der Waals surface area contributed by atoms with Crippen LogP contribution in [0.1, 0.15) is 49.8 Å². The van der Waals surface area contributed by atoms with Crippen LogP contribution in [0.15, 0.2) is 47.8 Å². The van der Waals surface area contributed by atoms with Crippen LogP contribution in [0.5, 0.6) is 11.5 Å². The number of hydrogen-bond acceptors (Lipinski definition) is 11. The lowest BCUT2D eigenvalue weighted by atomic mass is 10.1. The van der Waals surface area contributed by atoms with Gasteiger partial charge in [0.05, 0.1) is 40.5 Å². The molecule has 1 atom stereocenters. The van der Waals surface area contributed by atoms with Crippen molar-refractivity contribution in [3.05, 3.63) is 75.2 Å². The molecule has 0 spiro atoms. The number of aromatic nitrogens is 1. The van der Waals surface area contributed by atoms with Crippen LogP contribution in [-0.2, 0) is 32.6 Å². The highest BCUT2D eigenvalue weighted by atomic mass is 32.2. The number of hydrogen-bond donors (Lipinski definition) is 1. The third kappa shape index (κ3) is 8.49. The Hall–Kier alpha value is -4.21. The van der Waals surface area contributed by atoms with Crippen molar-refractivity contribution in [2.75, 3.05) is 41.0 Å². The van der Waals surface area contributed by atoms with Crippen molar-refractivity contribution in [2.24, 2.45) is 0 Å². The Morgan fingerprint density at radius 3 is 2.33 bits per heavy atom. The molecule has 1 aliphatic heterocycles. The van der Waals surface area contributed by atoms with E-state index < -0.39 is 28.3 Å². The SMILES string of the molecule is COC(=O)N(CC1CCO1)S(=O)(=O)NC(=O)c1csc(CN(CCCc2ccccc2)C(=O)c2cc(OC)c(C)c(OC)c2)n1. The van der Waals surface area contributed by atoms with E-state index in [1.165, 1.54) is 19.6 Å². The highest BCUT2D eigenvalue weighted by Crippen LogP contribution is 2.30. The minimum atomic E-state index is -4.62. The molecule has 2 aromatic carbocycles. The highest BCUT2D eigenvalue weighted by molar-refractivity contribution is 7.88. The molecule has 45 heavy (non-hydrogen) atoms. The molecule has 4 rings (SSSR count). The van der Waals surface area contributed by atoms with Crippen LogP contribution in [0.2, 0.25) is 0 Å². The van der Waals surface area contributed by atoms with Gasteiger partial charge in [-0.3, -0.25) is 9.59 Å². The Balaban J connectivity index is 1.52. The van der Waals surface area contributed by atoms with Gasteiger partial charge in [-0.05, 0) is 43.9 Å². The Bertz CT molecular complexity index is 1580. The lowest BCUT2D eigenvalue weighted by Crippen LogP contribution is -2.51. The lowest BCUT2D eigenvalue weighted by molar-refractivity contribution is -0.0562. The standard InChI is InChI=1S/C30H36N4O9S2/c1-20-25(40-2)15-22(16-26(20)41-3)29(36)33(13-8-11-21-9-6-5-7-10-21)18-27-31-24(19-44-27)28(35)32-45(38,39)34(30(37)42-4)17-23-12-14-43-23/h5-7,9-10,15-16,19,23H,8,11-14,17-18H2,1-4H3,(H,32,35). The molecule has 3 aromatic rings. The summed E-state index contributed by atoms with van der Waals surface area (Å²) in [4.78, 5) is 44.9. The summed E-state index contributed by atoms with van der Waals surface area (Å²) in [5.41, 5.74) is 2.05. The molecule has 1 N–H and O–H groups in total. The second-order valence-corrected chi connectivity index (χ2v) is 12.7. The fourth-order valence-electron chi connectivity index (χ4n) is 4.62. The van der Waals surface area contributed by atoms with Crippen LogP contribution in [0, 0.1) is 6.92 Å². The average molecular weight is 661 g/mol. The van der Waals surface area contributed by atoms with Crippen molar-refractivity contribution < 1.29 is 41.7 Å². The summed E-state index contributed by atoms with van der Waals surface area (Å²) in [6, 6.07) is 13.2. The van der Waals surface area contributed by atoms with Gasteiger partial charge in [0.25, 0.3) is 11.8 Å². The van der Waals surface area contributed by atoms with Gasteiger partial charge < -0.3 is 23.8 Å². The zero-order chi connectivity index (χ0) is 32.6. The van der Waals surface area contributed by atoms with Gasteiger partial charge in [-0.1, -0.05) is 30.3 Å². The molecule has 1 aromatic heterocycles. The summed E-state index contributed by atoms with van der Waals surface area (Å²) in [6.07, 6.45) is 0.312. The molecule has 0 saturated carbocycles. The van der Waals surface area contributed by atoms with Gasteiger partial charge >= 0.3 is 16.3 Å². The van der Waals surface area contributed by atoms with E-state index in [1.807, 2.05) is 42.0 Å². The topological polar surface area (TPSA) is 154 Å². The van der Waals surface area contributed by atoms with Gasteiger partial charge in [0.15, 0.2) is 0 Å². The number of rotatable bonds is 14. The monoisotopic (exact) mass is 660 g/mol. The predicted molar refractivity (Wildman–Crippen MR) is 166 cm³/mol. The Kier molecular flexibility index (Phi) is 11.4. The van der Waals surface area contributed by atoms with Crippen LogP contribution in [0.4, 0.5) is 4.79 Å². The molecule has 2 heterocycles. The van der Waals surface area contributed by atoms with E-state index in [0.29, 0.717) is 52.4 Å². The quantitative estimate of drug-likeness (QED) is 0.272. The number of benzene rings is 2. The van der Waals surface area contributed by atoms with E-state index in [0.717, 1.165) is 36.0 Å². The first-order chi connectivity index (χ1) is 21.6. The number of thiazole rings is 1. The third-order valence-corrected chi connectivity index (χ3v) is 9.34. The van der Waals surface area contributed by atoms with Gasteiger partial charge in [0, 0.05) is 29.7 Å². The van der Waals surface area contributed by atoms with E-state index in [1.54, 1.807) is 17.0 Å². The number of nitrogens with one attached hydrogen (secondary N) is 1. The van der Waals surface area contributed by atoms with Crippen molar-refractivity contribution in [2.45, 2.75) is 38.8 Å². The van der Waals surface area contributed by atoms with Crippen molar-refractivity contribution in [3.8, 4) is 11.5 Å². The number of carbonyl (C=O) groups is 3. The molecule has 1 fully saturated rings. The molecule has 1 unspecified atom stereocenters.